The van der Waals surface area contributed by atoms with E-state index in [4.69, 9.17) is 11.6 Å². The lowest BCUT2D eigenvalue weighted by Crippen LogP contribution is -2.31. The van der Waals surface area contributed by atoms with Crippen molar-refractivity contribution in [3.8, 4) is 0 Å². The monoisotopic (exact) mass is 241 g/mol. The van der Waals surface area contributed by atoms with Crippen molar-refractivity contribution in [2.24, 2.45) is 35.5 Å². The normalized spacial score (nSPS) is 45.2. The lowest BCUT2D eigenvalue weighted by Gasteiger charge is -2.12. The number of carbonyl (C=O) groups is 1. The van der Waals surface area contributed by atoms with Gasteiger partial charge in [-0.2, -0.15) is 0 Å². The Morgan fingerprint density at radius 3 is 2.56 bits per heavy atom. The molecular formula is C13H20ClNO. The number of nitrogens with one attached hydrogen (secondary N) is 1. The molecule has 16 heavy (non-hydrogen) atoms. The van der Waals surface area contributed by atoms with E-state index in [0.717, 1.165) is 30.2 Å². The average Bonchev–Trinajstić information content (AvgIpc) is 2.74. The van der Waals surface area contributed by atoms with Gasteiger partial charge >= 0.3 is 0 Å². The summed E-state index contributed by atoms with van der Waals surface area (Å²) < 4.78 is 0. The van der Waals surface area contributed by atoms with Gasteiger partial charge in [-0.05, 0) is 48.9 Å². The molecule has 0 aromatic rings. The van der Waals surface area contributed by atoms with Crippen molar-refractivity contribution >= 4 is 17.5 Å². The first-order valence-electron chi connectivity index (χ1n) is 6.56. The second kappa shape index (κ2) is 3.90. The van der Waals surface area contributed by atoms with Gasteiger partial charge in [0.25, 0.3) is 0 Å². The molecule has 0 heterocycles. The number of fused-ring (bicyclic) bond motifs is 5. The lowest BCUT2D eigenvalue weighted by atomic mass is 10.0. The molecule has 0 aromatic heterocycles. The molecule has 3 fully saturated rings. The summed E-state index contributed by atoms with van der Waals surface area (Å²) in [6, 6.07) is 0. The molecule has 5 unspecified atom stereocenters. The van der Waals surface area contributed by atoms with Crippen LogP contribution < -0.4 is 5.32 Å². The topological polar surface area (TPSA) is 29.1 Å². The van der Waals surface area contributed by atoms with Crippen LogP contribution in [-0.4, -0.2) is 18.3 Å². The Kier molecular flexibility index (Phi) is 2.66. The molecule has 3 aliphatic rings. The van der Waals surface area contributed by atoms with Gasteiger partial charge in [-0.15, -0.1) is 11.6 Å². The third-order valence-corrected chi connectivity index (χ3v) is 5.45. The number of hydrogen-bond acceptors (Lipinski definition) is 1. The second-order valence-electron chi connectivity index (χ2n) is 6.02. The van der Waals surface area contributed by atoms with Crippen LogP contribution in [0, 0.1) is 35.5 Å². The quantitative estimate of drug-likeness (QED) is 0.752. The molecule has 1 amide bonds. The first kappa shape index (κ1) is 10.9. The maximum atomic E-state index is 12.0. The predicted molar refractivity (Wildman–Crippen MR) is 64.2 cm³/mol. The molecule has 3 rings (SSSR count). The minimum atomic E-state index is 0.309. The van der Waals surface area contributed by atoms with Crippen molar-refractivity contribution in [2.45, 2.75) is 26.2 Å². The SMILES string of the molecule is CC(CCl)CNC(=O)C1C2C3CCC(C3)C12. The smallest absolute Gasteiger partial charge is 0.223 e. The highest BCUT2D eigenvalue weighted by Gasteiger charge is 2.67. The van der Waals surface area contributed by atoms with Gasteiger partial charge in [-0.1, -0.05) is 6.92 Å². The van der Waals surface area contributed by atoms with Crippen molar-refractivity contribution in [1.29, 1.82) is 0 Å². The predicted octanol–water partition coefficient (Wildman–Crippen LogP) is 2.27. The molecule has 2 bridgehead atoms. The molecule has 3 heteroatoms. The van der Waals surface area contributed by atoms with E-state index in [0.29, 0.717) is 23.6 Å². The van der Waals surface area contributed by atoms with Gasteiger partial charge in [-0.25, -0.2) is 0 Å². The summed E-state index contributed by atoms with van der Waals surface area (Å²) in [5, 5.41) is 3.07. The van der Waals surface area contributed by atoms with E-state index in [2.05, 4.69) is 12.2 Å². The van der Waals surface area contributed by atoms with Gasteiger partial charge in [0.05, 0.1) is 0 Å². The zero-order valence-electron chi connectivity index (χ0n) is 9.79. The van der Waals surface area contributed by atoms with E-state index < -0.39 is 0 Å². The maximum absolute atomic E-state index is 12.0. The summed E-state index contributed by atoms with van der Waals surface area (Å²) in [7, 11) is 0. The Bertz CT molecular complexity index is 290. The zero-order valence-corrected chi connectivity index (χ0v) is 10.5. The van der Waals surface area contributed by atoms with Crippen molar-refractivity contribution < 1.29 is 4.79 Å². The molecule has 5 atom stereocenters. The third-order valence-electron chi connectivity index (χ3n) is 4.93. The Hall–Kier alpha value is -0.240. The molecular weight excluding hydrogens is 222 g/mol. The summed E-state index contributed by atoms with van der Waals surface area (Å²) in [4.78, 5) is 12.0. The lowest BCUT2D eigenvalue weighted by molar-refractivity contribution is -0.123. The molecule has 1 N–H and O–H groups in total. The molecule has 0 aliphatic heterocycles. The molecule has 3 saturated carbocycles. The Morgan fingerprint density at radius 1 is 1.38 bits per heavy atom. The highest BCUT2D eigenvalue weighted by atomic mass is 35.5. The number of alkyl halides is 1. The molecule has 0 radical (unpaired) electrons. The van der Waals surface area contributed by atoms with Gasteiger partial charge in [0.1, 0.15) is 0 Å². The standard InChI is InChI=1S/C13H20ClNO/c1-7(5-14)6-15-13(16)12-10-8-2-3-9(4-8)11(10)12/h7-12H,2-6H2,1H3,(H,15,16). The van der Waals surface area contributed by atoms with Crippen LogP contribution in [-0.2, 0) is 4.79 Å². The number of hydrogen-bond donors (Lipinski definition) is 1. The molecule has 2 nitrogen and oxygen atoms in total. The summed E-state index contributed by atoms with van der Waals surface area (Å²) in [6.07, 6.45) is 4.18. The zero-order chi connectivity index (χ0) is 11.3. The summed E-state index contributed by atoms with van der Waals surface area (Å²) >= 11 is 5.73. The van der Waals surface area contributed by atoms with E-state index in [-0.39, 0.29) is 0 Å². The van der Waals surface area contributed by atoms with Crippen LogP contribution in [0.3, 0.4) is 0 Å². The highest BCUT2D eigenvalue weighted by Crippen LogP contribution is 2.69. The van der Waals surface area contributed by atoms with Crippen LogP contribution in [0.5, 0.6) is 0 Å². The van der Waals surface area contributed by atoms with Gasteiger partial charge in [-0.3, -0.25) is 4.79 Å². The Morgan fingerprint density at radius 2 is 2.00 bits per heavy atom. The van der Waals surface area contributed by atoms with Gasteiger partial charge in [0.2, 0.25) is 5.91 Å². The fraction of sp³-hybridized carbons (Fsp3) is 0.923. The molecule has 90 valence electrons. The van der Waals surface area contributed by atoms with Crippen molar-refractivity contribution in [1.82, 2.24) is 5.32 Å². The highest BCUT2D eigenvalue weighted by molar-refractivity contribution is 6.18. The van der Waals surface area contributed by atoms with Gasteiger partial charge in [0.15, 0.2) is 0 Å². The maximum Gasteiger partial charge on any atom is 0.223 e. The van der Waals surface area contributed by atoms with E-state index in [9.17, 15) is 4.79 Å². The minimum Gasteiger partial charge on any atom is -0.356 e. The molecule has 0 spiro atoms. The molecule has 0 saturated heterocycles. The van der Waals surface area contributed by atoms with Crippen LogP contribution in [0.25, 0.3) is 0 Å². The summed E-state index contributed by atoms with van der Waals surface area (Å²) in [5.41, 5.74) is 0. The van der Waals surface area contributed by atoms with Crippen LogP contribution in [0.1, 0.15) is 26.2 Å². The van der Waals surface area contributed by atoms with Crippen LogP contribution in [0.4, 0.5) is 0 Å². The second-order valence-corrected chi connectivity index (χ2v) is 6.33. The van der Waals surface area contributed by atoms with Gasteiger partial charge in [0, 0.05) is 18.3 Å². The number of halogens is 1. The largest absolute Gasteiger partial charge is 0.356 e. The Balaban J connectivity index is 1.51. The number of rotatable bonds is 4. The first-order chi connectivity index (χ1) is 7.72. The Labute approximate surface area is 102 Å². The number of amides is 1. The fourth-order valence-electron chi connectivity index (χ4n) is 4.12. The van der Waals surface area contributed by atoms with Crippen LogP contribution in [0.15, 0.2) is 0 Å². The van der Waals surface area contributed by atoms with Crippen molar-refractivity contribution in [3.05, 3.63) is 0 Å². The van der Waals surface area contributed by atoms with Crippen molar-refractivity contribution in [3.63, 3.8) is 0 Å². The first-order valence-corrected chi connectivity index (χ1v) is 7.09. The van der Waals surface area contributed by atoms with E-state index in [1.165, 1.54) is 19.3 Å². The van der Waals surface area contributed by atoms with Crippen LogP contribution in [0.2, 0.25) is 0 Å². The van der Waals surface area contributed by atoms with E-state index in [1.54, 1.807) is 0 Å². The summed E-state index contributed by atoms with van der Waals surface area (Å²) in [6.45, 7) is 2.82. The number of carbonyl (C=O) groups excluding carboxylic acids is 1. The third kappa shape index (κ3) is 1.57. The minimum absolute atomic E-state index is 0.309. The van der Waals surface area contributed by atoms with E-state index in [1.807, 2.05) is 0 Å². The van der Waals surface area contributed by atoms with Gasteiger partial charge < -0.3 is 5.32 Å². The van der Waals surface area contributed by atoms with Crippen LogP contribution >= 0.6 is 11.6 Å². The molecule has 3 aliphatic carbocycles. The van der Waals surface area contributed by atoms with E-state index >= 15 is 0 Å². The summed E-state index contributed by atoms with van der Waals surface area (Å²) in [5.74, 6) is 4.98. The molecule has 0 aromatic carbocycles. The fourth-order valence-corrected chi connectivity index (χ4v) is 4.23. The van der Waals surface area contributed by atoms with Crippen molar-refractivity contribution in [2.75, 3.05) is 12.4 Å². The average molecular weight is 242 g/mol.